The average molecular weight is 294 g/mol. The van der Waals surface area contributed by atoms with E-state index in [1.54, 1.807) is 0 Å². The molecule has 0 aliphatic heterocycles. The lowest BCUT2D eigenvalue weighted by molar-refractivity contribution is 0.217. The molecular formula is C18H34N2O. The molecule has 0 fully saturated rings. The smallest absolute Gasteiger partial charge is 0.120 e. The van der Waals surface area contributed by atoms with Gasteiger partial charge in [0, 0.05) is 0 Å². The number of hydrogen-bond acceptors (Lipinski definition) is 3. The first-order valence-electron chi connectivity index (χ1n) is 8.37. The molecule has 0 saturated heterocycles. The van der Waals surface area contributed by atoms with Crippen LogP contribution in [0.5, 0.6) is 0 Å². The van der Waals surface area contributed by atoms with Gasteiger partial charge < -0.3 is 9.73 Å². The summed E-state index contributed by atoms with van der Waals surface area (Å²) in [6.45, 7) is 15.4. The van der Waals surface area contributed by atoms with E-state index in [-0.39, 0.29) is 0 Å². The highest BCUT2D eigenvalue weighted by molar-refractivity contribution is 5.20. The van der Waals surface area contributed by atoms with Gasteiger partial charge in [-0.1, -0.05) is 27.7 Å². The Morgan fingerprint density at radius 1 is 1.10 bits per heavy atom. The van der Waals surface area contributed by atoms with Gasteiger partial charge in [-0.15, -0.1) is 0 Å². The third-order valence-corrected chi connectivity index (χ3v) is 3.83. The molecule has 0 aromatic carbocycles. The normalized spacial score (nSPS) is 12.0. The van der Waals surface area contributed by atoms with Gasteiger partial charge in [-0.05, 0) is 63.4 Å². The molecule has 0 saturated carbocycles. The number of nitrogens with zero attached hydrogens (tertiary/aromatic N) is 1. The van der Waals surface area contributed by atoms with Crippen molar-refractivity contribution < 1.29 is 4.42 Å². The fraction of sp³-hybridized carbons (Fsp3) is 0.778. The number of aryl methyl sites for hydroxylation is 1. The monoisotopic (exact) mass is 294 g/mol. The number of nitrogens with one attached hydrogen (secondary N) is 1. The van der Waals surface area contributed by atoms with Crippen LogP contribution < -0.4 is 5.32 Å². The van der Waals surface area contributed by atoms with Crippen molar-refractivity contribution in [2.75, 3.05) is 20.1 Å². The van der Waals surface area contributed by atoms with Crippen LogP contribution in [0.2, 0.25) is 0 Å². The van der Waals surface area contributed by atoms with E-state index in [0.29, 0.717) is 0 Å². The standard InChI is InChI=1S/C18H34N2O/c1-14(2)7-9-20(10-8-15(3)4)13-17-11-16(5)18(21-17)12-19-6/h11,14-15,19H,7-10,12-13H2,1-6H3. The minimum atomic E-state index is 0.754. The van der Waals surface area contributed by atoms with Crippen molar-refractivity contribution in [1.29, 1.82) is 0 Å². The van der Waals surface area contributed by atoms with Crippen LogP contribution in [0.4, 0.5) is 0 Å². The Labute approximate surface area is 131 Å². The maximum Gasteiger partial charge on any atom is 0.120 e. The maximum atomic E-state index is 5.99. The molecule has 21 heavy (non-hydrogen) atoms. The number of furan rings is 1. The highest BCUT2D eigenvalue weighted by Gasteiger charge is 2.12. The molecule has 1 heterocycles. The van der Waals surface area contributed by atoms with E-state index in [1.807, 2.05) is 7.05 Å². The third-order valence-electron chi connectivity index (χ3n) is 3.83. The molecule has 0 aliphatic carbocycles. The summed E-state index contributed by atoms with van der Waals surface area (Å²) in [6.07, 6.45) is 2.50. The Hall–Kier alpha value is -0.800. The van der Waals surface area contributed by atoms with Crippen molar-refractivity contribution in [1.82, 2.24) is 10.2 Å². The van der Waals surface area contributed by atoms with E-state index in [9.17, 15) is 0 Å². The number of hydrogen-bond donors (Lipinski definition) is 1. The molecular weight excluding hydrogens is 260 g/mol. The fourth-order valence-corrected chi connectivity index (χ4v) is 2.38. The van der Waals surface area contributed by atoms with Crippen molar-refractivity contribution in [3.8, 4) is 0 Å². The second-order valence-electron chi connectivity index (χ2n) is 6.99. The van der Waals surface area contributed by atoms with Gasteiger partial charge in [0.15, 0.2) is 0 Å². The van der Waals surface area contributed by atoms with Crippen LogP contribution in [0, 0.1) is 18.8 Å². The summed E-state index contributed by atoms with van der Waals surface area (Å²) >= 11 is 0. The summed E-state index contributed by atoms with van der Waals surface area (Å²) in [5.41, 5.74) is 1.26. The van der Waals surface area contributed by atoms with Gasteiger partial charge in [-0.25, -0.2) is 0 Å². The molecule has 1 aromatic rings. The van der Waals surface area contributed by atoms with Gasteiger partial charge in [0.25, 0.3) is 0 Å². The Morgan fingerprint density at radius 2 is 1.67 bits per heavy atom. The van der Waals surface area contributed by atoms with E-state index >= 15 is 0 Å². The zero-order valence-electron chi connectivity index (χ0n) is 14.8. The summed E-state index contributed by atoms with van der Waals surface area (Å²) < 4.78 is 5.99. The Balaban J connectivity index is 2.62. The van der Waals surface area contributed by atoms with Crippen LogP contribution in [-0.2, 0) is 13.1 Å². The summed E-state index contributed by atoms with van der Waals surface area (Å²) in [6, 6.07) is 2.20. The minimum Gasteiger partial charge on any atom is -0.463 e. The van der Waals surface area contributed by atoms with Gasteiger partial charge in [0.05, 0.1) is 13.1 Å². The van der Waals surface area contributed by atoms with Gasteiger partial charge >= 0.3 is 0 Å². The predicted octanol–water partition coefficient (Wildman–Crippen LogP) is 4.20. The SMILES string of the molecule is CNCc1oc(CN(CCC(C)C)CCC(C)C)cc1C. The van der Waals surface area contributed by atoms with Crippen molar-refractivity contribution in [3.05, 3.63) is 23.2 Å². The minimum absolute atomic E-state index is 0.754. The van der Waals surface area contributed by atoms with E-state index in [1.165, 1.54) is 18.4 Å². The molecule has 3 nitrogen and oxygen atoms in total. The summed E-state index contributed by atoms with van der Waals surface area (Å²) in [7, 11) is 1.96. The van der Waals surface area contributed by atoms with Gasteiger partial charge in [-0.2, -0.15) is 0 Å². The molecule has 1 N–H and O–H groups in total. The van der Waals surface area contributed by atoms with Gasteiger partial charge in [0.1, 0.15) is 11.5 Å². The van der Waals surface area contributed by atoms with Crippen molar-refractivity contribution in [3.63, 3.8) is 0 Å². The molecule has 0 amide bonds. The first kappa shape index (κ1) is 18.2. The van der Waals surface area contributed by atoms with E-state index in [4.69, 9.17) is 4.42 Å². The molecule has 0 aliphatic rings. The van der Waals surface area contributed by atoms with Crippen molar-refractivity contribution in [2.24, 2.45) is 11.8 Å². The van der Waals surface area contributed by atoms with Crippen LogP contribution in [-0.4, -0.2) is 25.0 Å². The average Bonchev–Trinajstić information content (AvgIpc) is 2.73. The Kier molecular flexibility index (Phi) is 8.05. The molecule has 0 spiro atoms. The quantitative estimate of drug-likeness (QED) is 0.701. The third kappa shape index (κ3) is 7.14. The predicted molar refractivity (Wildman–Crippen MR) is 90.4 cm³/mol. The topological polar surface area (TPSA) is 28.4 Å². The van der Waals surface area contributed by atoms with E-state index in [0.717, 1.165) is 49.5 Å². The largest absolute Gasteiger partial charge is 0.463 e. The van der Waals surface area contributed by atoms with Crippen molar-refractivity contribution >= 4 is 0 Å². The zero-order valence-corrected chi connectivity index (χ0v) is 14.8. The summed E-state index contributed by atoms with van der Waals surface area (Å²) in [4.78, 5) is 2.54. The molecule has 0 radical (unpaired) electrons. The van der Waals surface area contributed by atoms with Gasteiger partial charge in [-0.3, -0.25) is 4.90 Å². The Morgan fingerprint density at radius 3 is 2.14 bits per heavy atom. The summed E-state index contributed by atoms with van der Waals surface area (Å²) in [5, 5.41) is 3.16. The van der Waals surface area contributed by atoms with E-state index < -0.39 is 0 Å². The molecule has 3 heteroatoms. The molecule has 0 bridgehead atoms. The first-order valence-corrected chi connectivity index (χ1v) is 8.37. The lowest BCUT2D eigenvalue weighted by Gasteiger charge is -2.23. The molecule has 0 atom stereocenters. The van der Waals surface area contributed by atoms with Crippen LogP contribution in [0.3, 0.4) is 0 Å². The van der Waals surface area contributed by atoms with Crippen LogP contribution in [0.25, 0.3) is 0 Å². The van der Waals surface area contributed by atoms with Crippen molar-refractivity contribution in [2.45, 2.75) is 60.5 Å². The molecule has 1 rings (SSSR count). The highest BCUT2D eigenvalue weighted by atomic mass is 16.3. The molecule has 1 aromatic heterocycles. The van der Waals surface area contributed by atoms with Crippen LogP contribution in [0.1, 0.15) is 57.6 Å². The fourth-order valence-electron chi connectivity index (χ4n) is 2.38. The second-order valence-corrected chi connectivity index (χ2v) is 6.99. The first-order chi connectivity index (χ1) is 9.92. The van der Waals surface area contributed by atoms with Gasteiger partial charge in [0.2, 0.25) is 0 Å². The second kappa shape index (κ2) is 9.26. The molecule has 0 unspecified atom stereocenters. The highest BCUT2D eigenvalue weighted by Crippen LogP contribution is 2.17. The molecule has 122 valence electrons. The zero-order chi connectivity index (χ0) is 15.8. The van der Waals surface area contributed by atoms with E-state index in [2.05, 4.69) is 50.9 Å². The number of rotatable bonds is 10. The van der Waals surface area contributed by atoms with Crippen LogP contribution >= 0.6 is 0 Å². The Bertz CT molecular complexity index is 384. The van der Waals surface area contributed by atoms with Crippen LogP contribution in [0.15, 0.2) is 10.5 Å². The lowest BCUT2D eigenvalue weighted by atomic mass is 10.1. The summed E-state index contributed by atoms with van der Waals surface area (Å²) in [5.74, 6) is 3.68. The lowest BCUT2D eigenvalue weighted by Crippen LogP contribution is -2.27. The maximum absolute atomic E-state index is 5.99.